The maximum Gasteiger partial charge on any atom is 0.508 e. The van der Waals surface area contributed by atoms with E-state index in [2.05, 4.69) is 0 Å². The maximum absolute atomic E-state index is 12.6. The largest absolute Gasteiger partial charge is 0.508 e. The number of aliphatic carboxylic acids is 1. The Bertz CT molecular complexity index is 947. The molecule has 0 saturated carbocycles. The predicted octanol–water partition coefficient (Wildman–Crippen LogP) is 5.74. The minimum Gasteiger partial charge on any atom is -0.480 e. The number of carbonyl (C=O) groups excluding carboxylic acids is 3. The highest BCUT2D eigenvalue weighted by Crippen LogP contribution is 2.37. The van der Waals surface area contributed by atoms with Crippen LogP contribution in [0.3, 0.4) is 0 Å². The molecule has 4 atom stereocenters. The number of hydrogen-bond donors (Lipinski definition) is 2. The Hall–Kier alpha value is -3.14. The lowest BCUT2D eigenvalue weighted by molar-refractivity contribution is -0.140. The van der Waals surface area contributed by atoms with Crippen molar-refractivity contribution in [2.75, 3.05) is 0 Å². The third kappa shape index (κ3) is 12.1. The van der Waals surface area contributed by atoms with Crippen LogP contribution in [0.15, 0.2) is 18.2 Å². The quantitative estimate of drug-likeness (QED) is 0.139. The molecule has 1 aromatic carbocycles. The summed E-state index contributed by atoms with van der Waals surface area (Å²) in [5.74, 6) is -3.58. The highest BCUT2D eigenvalue weighted by atomic mass is 16.7. The van der Waals surface area contributed by atoms with E-state index >= 15 is 0 Å². The fourth-order valence-corrected chi connectivity index (χ4v) is 4.04. The number of carboxylic acid groups (broad SMARTS) is 1. The molecule has 1 rings (SSSR count). The average Bonchev–Trinajstić information content (AvgIpc) is 2.85. The van der Waals surface area contributed by atoms with E-state index < -0.39 is 48.0 Å². The molecule has 3 N–H and O–H groups in total. The molecule has 0 bridgehead atoms. The summed E-state index contributed by atoms with van der Waals surface area (Å²) in [6.45, 7) is 10.7. The molecule has 0 spiro atoms. The monoisotopic (exact) mass is 551 g/mol. The number of nitrogens with two attached hydrogens (primary N) is 1. The Morgan fingerprint density at radius 3 is 1.85 bits per heavy atom. The van der Waals surface area contributed by atoms with E-state index in [9.17, 15) is 24.3 Å². The van der Waals surface area contributed by atoms with Gasteiger partial charge in [0.1, 0.15) is 12.1 Å². The van der Waals surface area contributed by atoms with Gasteiger partial charge in [-0.15, -0.1) is 0 Å². The first kappa shape index (κ1) is 33.9. The summed E-state index contributed by atoms with van der Waals surface area (Å²) in [6, 6.07) is 3.14. The molecule has 10 nitrogen and oxygen atoms in total. The van der Waals surface area contributed by atoms with Crippen molar-refractivity contribution in [1.29, 1.82) is 0 Å². The SMILES string of the molecule is CCCCCC(=O)Oc1ccc(C(C(C)C(C)OC(=O)OC(C)C)[C@H](N)C(=O)O)cc1OC(=O)CCCCC. The zero-order valence-corrected chi connectivity index (χ0v) is 24.1. The van der Waals surface area contributed by atoms with Gasteiger partial charge in [-0.3, -0.25) is 14.4 Å². The standard InChI is InChI=1S/C29H45NO9/c1-7-9-11-13-24(31)38-22-16-15-21(17-23(22)39-25(32)14-12-10-8-2)26(27(30)28(33)34)19(5)20(6)37-29(35)36-18(3)4/h15-20,26-27H,7-14,30H2,1-6H3,(H,33,34)/t19?,20?,26?,27-/m0/s1. The van der Waals surface area contributed by atoms with Gasteiger partial charge in [0.25, 0.3) is 0 Å². The number of esters is 2. The summed E-state index contributed by atoms with van der Waals surface area (Å²) >= 11 is 0. The van der Waals surface area contributed by atoms with Crippen molar-refractivity contribution in [2.24, 2.45) is 11.7 Å². The van der Waals surface area contributed by atoms with Gasteiger partial charge in [0.15, 0.2) is 11.5 Å². The van der Waals surface area contributed by atoms with Crippen LogP contribution in [0.25, 0.3) is 0 Å². The van der Waals surface area contributed by atoms with Gasteiger partial charge in [-0.1, -0.05) is 52.5 Å². The van der Waals surface area contributed by atoms with E-state index in [0.717, 1.165) is 25.7 Å². The van der Waals surface area contributed by atoms with Gasteiger partial charge in [-0.25, -0.2) is 4.79 Å². The summed E-state index contributed by atoms with van der Waals surface area (Å²) in [5.41, 5.74) is 6.52. The van der Waals surface area contributed by atoms with Crippen LogP contribution in [0, 0.1) is 5.92 Å². The molecule has 0 aliphatic carbocycles. The van der Waals surface area contributed by atoms with Crippen molar-refractivity contribution in [1.82, 2.24) is 0 Å². The lowest BCUT2D eigenvalue weighted by Crippen LogP contribution is -2.42. The first-order valence-corrected chi connectivity index (χ1v) is 13.8. The fraction of sp³-hybridized carbons (Fsp3) is 0.655. The topological polar surface area (TPSA) is 151 Å². The minimum absolute atomic E-state index is 0.000387. The number of carboxylic acids is 1. The zero-order chi connectivity index (χ0) is 29.5. The highest BCUT2D eigenvalue weighted by molar-refractivity contribution is 5.77. The predicted molar refractivity (Wildman–Crippen MR) is 146 cm³/mol. The number of benzene rings is 1. The molecule has 39 heavy (non-hydrogen) atoms. The first-order valence-electron chi connectivity index (χ1n) is 13.8. The van der Waals surface area contributed by atoms with Crippen molar-refractivity contribution < 1.29 is 43.2 Å². The Balaban J connectivity index is 3.36. The molecule has 0 heterocycles. The van der Waals surface area contributed by atoms with E-state index in [4.69, 9.17) is 24.7 Å². The second-order valence-corrected chi connectivity index (χ2v) is 10.1. The maximum atomic E-state index is 12.6. The van der Waals surface area contributed by atoms with E-state index in [-0.39, 0.29) is 30.4 Å². The van der Waals surface area contributed by atoms with Crippen LogP contribution in [0.1, 0.15) is 104 Å². The molecule has 0 aliphatic heterocycles. The van der Waals surface area contributed by atoms with Crippen molar-refractivity contribution in [2.45, 2.75) is 117 Å². The summed E-state index contributed by atoms with van der Waals surface area (Å²) in [4.78, 5) is 49.0. The number of hydrogen-bond acceptors (Lipinski definition) is 9. The number of carbonyl (C=O) groups is 4. The van der Waals surface area contributed by atoms with Gasteiger partial charge in [0, 0.05) is 24.7 Å². The molecule has 0 saturated heterocycles. The molecule has 0 aliphatic rings. The molecule has 10 heteroatoms. The highest BCUT2D eigenvalue weighted by Gasteiger charge is 2.36. The fourth-order valence-electron chi connectivity index (χ4n) is 4.04. The van der Waals surface area contributed by atoms with Crippen molar-refractivity contribution in [3.63, 3.8) is 0 Å². The molecule has 0 fully saturated rings. The molecule has 3 unspecified atom stereocenters. The Morgan fingerprint density at radius 1 is 0.821 bits per heavy atom. The van der Waals surface area contributed by atoms with Gasteiger partial charge in [-0.2, -0.15) is 0 Å². The van der Waals surface area contributed by atoms with E-state index in [0.29, 0.717) is 18.4 Å². The van der Waals surface area contributed by atoms with Gasteiger partial charge < -0.3 is 29.8 Å². The molecule has 0 radical (unpaired) electrons. The average molecular weight is 552 g/mol. The molecule has 220 valence electrons. The zero-order valence-electron chi connectivity index (χ0n) is 24.1. The van der Waals surface area contributed by atoms with E-state index in [1.807, 2.05) is 13.8 Å². The van der Waals surface area contributed by atoms with Crippen LogP contribution in [0.4, 0.5) is 4.79 Å². The second-order valence-electron chi connectivity index (χ2n) is 10.1. The van der Waals surface area contributed by atoms with Gasteiger partial charge in [0.2, 0.25) is 0 Å². The Kier molecular flexibility index (Phi) is 15.2. The smallest absolute Gasteiger partial charge is 0.480 e. The Labute approximate surface area is 231 Å². The van der Waals surface area contributed by atoms with Crippen molar-refractivity contribution >= 4 is 24.1 Å². The normalized spacial score (nSPS) is 14.2. The van der Waals surface area contributed by atoms with Gasteiger partial charge >= 0.3 is 24.1 Å². The molecule has 0 amide bonds. The van der Waals surface area contributed by atoms with Crippen LogP contribution >= 0.6 is 0 Å². The van der Waals surface area contributed by atoms with Crippen LogP contribution in [-0.4, -0.2) is 47.4 Å². The lowest BCUT2D eigenvalue weighted by atomic mass is 9.79. The van der Waals surface area contributed by atoms with Gasteiger partial charge in [-0.05, 0) is 51.3 Å². The van der Waals surface area contributed by atoms with Crippen LogP contribution in [0.5, 0.6) is 11.5 Å². The first-order chi connectivity index (χ1) is 18.4. The minimum atomic E-state index is -1.37. The summed E-state index contributed by atoms with van der Waals surface area (Å²) in [6.07, 6.45) is 3.30. The molecular formula is C29H45NO9. The third-order valence-corrected chi connectivity index (χ3v) is 6.36. The Morgan fingerprint density at radius 2 is 1.36 bits per heavy atom. The van der Waals surface area contributed by atoms with Gasteiger partial charge in [0.05, 0.1) is 6.10 Å². The summed E-state index contributed by atoms with van der Waals surface area (Å²) in [7, 11) is 0. The van der Waals surface area contributed by atoms with E-state index in [1.54, 1.807) is 33.8 Å². The van der Waals surface area contributed by atoms with Crippen LogP contribution in [-0.2, 0) is 23.9 Å². The second kappa shape index (κ2) is 17.4. The molecule has 0 aromatic heterocycles. The number of rotatable bonds is 17. The number of unbranched alkanes of at least 4 members (excludes halogenated alkanes) is 4. The summed E-state index contributed by atoms with van der Waals surface area (Å²) < 4.78 is 21.5. The summed E-state index contributed by atoms with van der Waals surface area (Å²) in [5, 5.41) is 9.74. The third-order valence-electron chi connectivity index (χ3n) is 6.36. The molecular weight excluding hydrogens is 506 g/mol. The van der Waals surface area contributed by atoms with Crippen molar-refractivity contribution in [3.05, 3.63) is 23.8 Å². The van der Waals surface area contributed by atoms with E-state index in [1.165, 1.54) is 12.1 Å². The molecule has 1 aromatic rings. The van der Waals surface area contributed by atoms with Crippen LogP contribution in [0.2, 0.25) is 0 Å². The lowest BCUT2D eigenvalue weighted by Gasteiger charge is -2.31. The van der Waals surface area contributed by atoms with Crippen LogP contribution < -0.4 is 15.2 Å². The number of ether oxygens (including phenoxy) is 4. The van der Waals surface area contributed by atoms with Crippen molar-refractivity contribution in [3.8, 4) is 11.5 Å².